The number of nitrogens with one attached hydrogen (secondary N) is 1. The molecule has 0 amide bonds. The van der Waals surface area contributed by atoms with Crippen LogP contribution in [-0.2, 0) is 31.0 Å². The van der Waals surface area contributed by atoms with E-state index in [4.69, 9.17) is 4.74 Å². The highest BCUT2D eigenvalue weighted by molar-refractivity contribution is 7.91. The third-order valence-corrected chi connectivity index (χ3v) is 7.74. The standard InChI is InChI=1S/C22H25N3O5S2/c1-31(26,27)18-7-3-16(4-8-18)14-25-11-12-30-15-21(25)22-23-13-20(24-22)17-5-9-19(10-6-17)32(2,28)29/h3-10,13,21H,11-12,14-15H2,1-2H3,(H,23,24)/t21-/m0/s1. The SMILES string of the molecule is CS(=O)(=O)c1ccc(CN2CCOC[C@H]2c2ncc(-c3ccc(S(C)(=O)=O)cc3)[nH]2)cc1. The molecule has 0 spiro atoms. The van der Waals surface area contributed by atoms with Crippen LogP contribution in [0.25, 0.3) is 11.3 Å². The van der Waals surface area contributed by atoms with Crippen molar-refractivity contribution in [2.24, 2.45) is 0 Å². The molecule has 3 aromatic rings. The van der Waals surface area contributed by atoms with Gasteiger partial charge in [0.2, 0.25) is 0 Å². The van der Waals surface area contributed by atoms with Crippen molar-refractivity contribution in [1.29, 1.82) is 0 Å². The summed E-state index contributed by atoms with van der Waals surface area (Å²) in [6, 6.07) is 13.5. The van der Waals surface area contributed by atoms with E-state index < -0.39 is 19.7 Å². The zero-order valence-corrected chi connectivity index (χ0v) is 19.5. The van der Waals surface area contributed by atoms with Gasteiger partial charge in [-0.2, -0.15) is 0 Å². The summed E-state index contributed by atoms with van der Waals surface area (Å²) in [6.07, 6.45) is 4.12. The zero-order chi connectivity index (χ0) is 22.9. The molecule has 8 nitrogen and oxygen atoms in total. The van der Waals surface area contributed by atoms with Gasteiger partial charge in [0, 0.05) is 25.6 Å². The van der Waals surface area contributed by atoms with Crippen LogP contribution < -0.4 is 0 Å². The van der Waals surface area contributed by atoms with Crippen molar-refractivity contribution < 1.29 is 21.6 Å². The summed E-state index contributed by atoms with van der Waals surface area (Å²) in [5.74, 6) is 0.764. The minimum absolute atomic E-state index is 0.0811. The summed E-state index contributed by atoms with van der Waals surface area (Å²) in [5.41, 5.74) is 2.64. The number of hydrogen-bond acceptors (Lipinski definition) is 7. The van der Waals surface area contributed by atoms with Crippen LogP contribution in [0.5, 0.6) is 0 Å². The van der Waals surface area contributed by atoms with Crippen LogP contribution in [0.2, 0.25) is 0 Å². The smallest absolute Gasteiger partial charge is 0.175 e. The Morgan fingerprint density at radius 1 is 0.969 bits per heavy atom. The van der Waals surface area contributed by atoms with E-state index in [1.54, 1.807) is 42.6 Å². The number of aromatic nitrogens is 2. The molecule has 1 aromatic heterocycles. The highest BCUT2D eigenvalue weighted by atomic mass is 32.2. The lowest BCUT2D eigenvalue weighted by atomic mass is 10.1. The first-order chi connectivity index (χ1) is 15.1. The van der Waals surface area contributed by atoms with Crippen molar-refractivity contribution in [3.05, 3.63) is 66.1 Å². The largest absolute Gasteiger partial charge is 0.378 e. The first-order valence-corrected chi connectivity index (χ1v) is 13.9. The van der Waals surface area contributed by atoms with Crippen LogP contribution in [0.15, 0.2) is 64.5 Å². The average molecular weight is 476 g/mol. The second-order valence-electron chi connectivity index (χ2n) is 7.96. The van der Waals surface area contributed by atoms with Gasteiger partial charge < -0.3 is 9.72 Å². The van der Waals surface area contributed by atoms with Crippen molar-refractivity contribution in [3.63, 3.8) is 0 Å². The number of benzene rings is 2. The van der Waals surface area contributed by atoms with Crippen LogP contribution in [0, 0.1) is 0 Å². The van der Waals surface area contributed by atoms with Crippen molar-refractivity contribution in [2.75, 3.05) is 32.3 Å². The number of aromatic amines is 1. The van der Waals surface area contributed by atoms with E-state index in [1.807, 2.05) is 12.1 Å². The lowest BCUT2D eigenvalue weighted by Crippen LogP contribution is -2.39. The van der Waals surface area contributed by atoms with Gasteiger partial charge in [0.1, 0.15) is 5.82 Å². The summed E-state index contributed by atoms with van der Waals surface area (Å²) >= 11 is 0. The quantitative estimate of drug-likeness (QED) is 0.583. The molecule has 2 aromatic carbocycles. The highest BCUT2D eigenvalue weighted by Gasteiger charge is 2.27. The Bertz CT molecular complexity index is 1300. The minimum atomic E-state index is -3.24. The normalized spacial score (nSPS) is 18.0. The van der Waals surface area contributed by atoms with Gasteiger partial charge in [0.25, 0.3) is 0 Å². The Balaban J connectivity index is 1.53. The van der Waals surface area contributed by atoms with E-state index >= 15 is 0 Å². The molecule has 1 saturated heterocycles. The fourth-order valence-corrected chi connectivity index (χ4v) is 4.95. The molecule has 170 valence electrons. The predicted molar refractivity (Wildman–Crippen MR) is 121 cm³/mol. The highest BCUT2D eigenvalue weighted by Crippen LogP contribution is 2.27. The Kier molecular flexibility index (Phi) is 6.22. The molecule has 1 N–H and O–H groups in total. The van der Waals surface area contributed by atoms with Crippen molar-refractivity contribution >= 4 is 19.7 Å². The first-order valence-electron chi connectivity index (χ1n) is 10.1. The van der Waals surface area contributed by atoms with Gasteiger partial charge in [-0.05, 0) is 35.4 Å². The van der Waals surface area contributed by atoms with Crippen LogP contribution in [0.3, 0.4) is 0 Å². The van der Waals surface area contributed by atoms with E-state index in [2.05, 4.69) is 14.9 Å². The van der Waals surface area contributed by atoms with Crippen molar-refractivity contribution in [1.82, 2.24) is 14.9 Å². The van der Waals surface area contributed by atoms with E-state index in [1.165, 1.54) is 12.5 Å². The maximum Gasteiger partial charge on any atom is 0.175 e. The molecule has 2 heterocycles. The van der Waals surface area contributed by atoms with Crippen molar-refractivity contribution in [3.8, 4) is 11.3 Å². The number of nitrogens with zero attached hydrogens (tertiary/aromatic N) is 2. The molecule has 32 heavy (non-hydrogen) atoms. The Hall–Kier alpha value is -2.53. The number of imidazole rings is 1. The maximum atomic E-state index is 11.7. The van der Waals surface area contributed by atoms with E-state index in [0.717, 1.165) is 29.2 Å². The van der Waals surface area contributed by atoms with E-state index in [0.29, 0.717) is 24.7 Å². The molecular formula is C22H25N3O5S2. The average Bonchev–Trinajstić information content (AvgIpc) is 3.23. The van der Waals surface area contributed by atoms with Crippen molar-refractivity contribution in [2.45, 2.75) is 22.4 Å². The number of sulfone groups is 2. The Morgan fingerprint density at radius 3 is 2.16 bits per heavy atom. The lowest BCUT2D eigenvalue weighted by Gasteiger charge is -2.34. The van der Waals surface area contributed by atoms with Gasteiger partial charge in [-0.25, -0.2) is 21.8 Å². The van der Waals surface area contributed by atoms with Crippen LogP contribution in [0.4, 0.5) is 0 Å². The van der Waals surface area contributed by atoms with Gasteiger partial charge in [-0.15, -0.1) is 0 Å². The molecule has 0 radical (unpaired) electrons. The maximum absolute atomic E-state index is 11.7. The summed E-state index contributed by atoms with van der Waals surface area (Å²) in [4.78, 5) is 10.7. The summed E-state index contributed by atoms with van der Waals surface area (Å²) in [7, 11) is -6.47. The molecule has 0 saturated carbocycles. The molecule has 1 aliphatic rings. The molecule has 4 rings (SSSR count). The van der Waals surface area contributed by atoms with Gasteiger partial charge in [-0.3, -0.25) is 4.90 Å². The number of rotatable bonds is 6. The van der Waals surface area contributed by atoms with Gasteiger partial charge in [0.15, 0.2) is 19.7 Å². The molecule has 1 atom stereocenters. The fraction of sp³-hybridized carbons (Fsp3) is 0.318. The second-order valence-corrected chi connectivity index (χ2v) is 12.0. The first kappa shape index (κ1) is 22.7. The van der Waals surface area contributed by atoms with Gasteiger partial charge in [-0.1, -0.05) is 24.3 Å². The third-order valence-electron chi connectivity index (χ3n) is 5.48. The molecule has 0 aliphatic carbocycles. The minimum Gasteiger partial charge on any atom is -0.378 e. The number of morpholine rings is 1. The summed E-state index contributed by atoms with van der Waals surface area (Å²) < 4.78 is 52.4. The molecule has 0 unspecified atom stereocenters. The Labute approximate surface area is 188 Å². The molecular weight excluding hydrogens is 450 g/mol. The topological polar surface area (TPSA) is 109 Å². The number of hydrogen-bond donors (Lipinski definition) is 1. The van der Waals surface area contributed by atoms with Crippen LogP contribution in [0.1, 0.15) is 17.4 Å². The van der Waals surface area contributed by atoms with Gasteiger partial charge in [0.05, 0.1) is 40.9 Å². The zero-order valence-electron chi connectivity index (χ0n) is 17.9. The number of ether oxygens (including phenoxy) is 1. The predicted octanol–water partition coefficient (Wildman–Crippen LogP) is 2.46. The molecule has 0 bridgehead atoms. The third kappa shape index (κ3) is 5.09. The second kappa shape index (κ2) is 8.78. The van der Waals surface area contributed by atoms with Gasteiger partial charge >= 0.3 is 0 Å². The molecule has 10 heteroatoms. The van der Waals surface area contributed by atoms with Crippen LogP contribution >= 0.6 is 0 Å². The summed E-state index contributed by atoms with van der Waals surface area (Å²) in [6.45, 7) is 2.45. The lowest BCUT2D eigenvalue weighted by molar-refractivity contribution is -0.0156. The molecule has 1 aliphatic heterocycles. The van der Waals surface area contributed by atoms with E-state index in [9.17, 15) is 16.8 Å². The monoisotopic (exact) mass is 475 g/mol. The van der Waals surface area contributed by atoms with Crippen LogP contribution in [-0.4, -0.2) is 64.0 Å². The Morgan fingerprint density at radius 2 is 1.56 bits per heavy atom. The molecule has 1 fully saturated rings. The summed E-state index contributed by atoms with van der Waals surface area (Å²) in [5, 5.41) is 0. The number of H-pyrrole nitrogens is 1. The van der Waals surface area contributed by atoms with E-state index in [-0.39, 0.29) is 10.9 Å². The fourth-order valence-electron chi connectivity index (χ4n) is 3.69.